The van der Waals surface area contributed by atoms with E-state index in [2.05, 4.69) is 27.4 Å². The summed E-state index contributed by atoms with van der Waals surface area (Å²) in [5.41, 5.74) is 8.84. The smallest absolute Gasteiger partial charge is 0.147 e. The minimum atomic E-state index is 0.567. The Morgan fingerprint density at radius 1 is 1.18 bits per heavy atom. The summed E-state index contributed by atoms with van der Waals surface area (Å²) in [5.74, 6) is 0.825. The average Bonchev–Trinajstić information content (AvgIpc) is 2.38. The highest BCUT2D eigenvalue weighted by molar-refractivity contribution is 5.39. The molecule has 0 aliphatic heterocycles. The second kappa shape index (κ2) is 5.41. The van der Waals surface area contributed by atoms with Gasteiger partial charge in [-0.15, -0.1) is 0 Å². The first-order valence-electron chi connectivity index (χ1n) is 5.59. The Hall–Kier alpha value is -1.94. The number of aryl methyl sites for hydroxylation is 1. The molecule has 4 nitrogen and oxygen atoms in total. The van der Waals surface area contributed by atoms with Crippen molar-refractivity contribution in [1.82, 2.24) is 9.97 Å². The van der Waals surface area contributed by atoms with Gasteiger partial charge in [0.25, 0.3) is 0 Å². The summed E-state index contributed by atoms with van der Waals surface area (Å²) in [4.78, 5) is 8.42. The van der Waals surface area contributed by atoms with Crippen LogP contribution in [0.15, 0.2) is 36.7 Å². The minimum absolute atomic E-state index is 0.567. The van der Waals surface area contributed by atoms with Gasteiger partial charge in [-0.25, -0.2) is 4.98 Å². The number of anilines is 1. The molecule has 1 aromatic carbocycles. The van der Waals surface area contributed by atoms with Crippen molar-refractivity contribution in [3.63, 3.8) is 0 Å². The minimum Gasteiger partial charge on any atom is -0.364 e. The lowest BCUT2D eigenvalue weighted by atomic mass is 10.1. The molecule has 0 bridgehead atoms. The van der Waals surface area contributed by atoms with Crippen LogP contribution in [0.4, 0.5) is 5.82 Å². The van der Waals surface area contributed by atoms with Crippen LogP contribution < -0.4 is 11.1 Å². The summed E-state index contributed by atoms with van der Waals surface area (Å²) in [6.07, 6.45) is 3.38. The maximum atomic E-state index is 5.61. The highest BCUT2D eigenvalue weighted by Crippen LogP contribution is 2.10. The van der Waals surface area contributed by atoms with Gasteiger partial charge in [0.15, 0.2) is 0 Å². The van der Waals surface area contributed by atoms with Gasteiger partial charge in [-0.05, 0) is 18.1 Å². The zero-order valence-corrected chi connectivity index (χ0v) is 9.85. The molecule has 3 N–H and O–H groups in total. The first kappa shape index (κ1) is 11.5. The van der Waals surface area contributed by atoms with Crippen molar-refractivity contribution >= 4 is 5.82 Å². The molecule has 0 unspecified atom stereocenters. The van der Waals surface area contributed by atoms with Crippen LogP contribution in [-0.4, -0.2) is 9.97 Å². The molecule has 17 heavy (non-hydrogen) atoms. The molecule has 0 atom stereocenters. The first-order valence-corrected chi connectivity index (χ1v) is 5.59. The fraction of sp³-hybridized carbons (Fsp3) is 0.231. The van der Waals surface area contributed by atoms with Crippen LogP contribution in [0.2, 0.25) is 0 Å². The predicted octanol–water partition coefficient (Wildman–Crippen LogP) is 1.86. The van der Waals surface area contributed by atoms with E-state index in [-0.39, 0.29) is 0 Å². The Labute approximate surface area is 101 Å². The largest absolute Gasteiger partial charge is 0.364 e. The van der Waals surface area contributed by atoms with Gasteiger partial charge in [-0.3, -0.25) is 4.98 Å². The van der Waals surface area contributed by atoms with Crippen LogP contribution >= 0.6 is 0 Å². The lowest BCUT2D eigenvalue weighted by Crippen LogP contribution is -2.05. The lowest BCUT2D eigenvalue weighted by molar-refractivity contribution is 1.03. The van der Waals surface area contributed by atoms with E-state index in [1.807, 2.05) is 19.1 Å². The van der Waals surface area contributed by atoms with Crippen LogP contribution in [0.5, 0.6) is 0 Å². The van der Waals surface area contributed by atoms with Gasteiger partial charge in [-0.1, -0.05) is 24.3 Å². The maximum Gasteiger partial charge on any atom is 0.147 e. The summed E-state index contributed by atoms with van der Waals surface area (Å²) >= 11 is 0. The van der Waals surface area contributed by atoms with E-state index in [0.29, 0.717) is 6.54 Å². The van der Waals surface area contributed by atoms with Gasteiger partial charge in [0.1, 0.15) is 5.82 Å². The number of benzene rings is 1. The van der Waals surface area contributed by atoms with Crippen molar-refractivity contribution < 1.29 is 0 Å². The molecule has 0 amide bonds. The number of nitrogens with one attached hydrogen (secondary N) is 1. The van der Waals surface area contributed by atoms with Crippen LogP contribution in [0, 0.1) is 6.92 Å². The highest BCUT2D eigenvalue weighted by Gasteiger charge is 1.99. The van der Waals surface area contributed by atoms with Gasteiger partial charge in [-0.2, -0.15) is 0 Å². The highest BCUT2D eigenvalue weighted by atomic mass is 15.0. The van der Waals surface area contributed by atoms with Gasteiger partial charge in [0.05, 0.1) is 5.69 Å². The Morgan fingerprint density at radius 2 is 1.94 bits per heavy atom. The van der Waals surface area contributed by atoms with E-state index in [9.17, 15) is 0 Å². The molecule has 0 spiro atoms. The van der Waals surface area contributed by atoms with E-state index < -0.39 is 0 Å². The topological polar surface area (TPSA) is 63.8 Å². The van der Waals surface area contributed by atoms with Crippen molar-refractivity contribution in [2.24, 2.45) is 5.73 Å². The third kappa shape index (κ3) is 3.01. The van der Waals surface area contributed by atoms with Crippen molar-refractivity contribution in [2.45, 2.75) is 20.0 Å². The molecular formula is C13H16N4. The average molecular weight is 228 g/mol. The fourth-order valence-electron chi connectivity index (χ4n) is 1.63. The molecule has 0 aliphatic carbocycles. The third-order valence-corrected chi connectivity index (χ3v) is 2.57. The Morgan fingerprint density at radius 3 is 2.71 bits per heavy atom. The summed E-state index contributed by atoms with van der Waals surface area (Å²) < 4.78 is 0. The quantitative estimate of drug-likeness (QED) is 0.838. The lowest BCUT2D eigenvalue weighted by Gasteiger charge is -2.08. The van der Waals surface area contributed by atoms with Gasteiger partial charge < -0.3 is 11.1 Å². The van der Waals surface area contributed by atoms with Gasteiger partial charge >= 0.3 is 0 Å². The Bertz CT molecular complexity index is 496. The Balaban J connectivity index is 2.05. The summed E-state index contributed by atoms with van der Waals surface area (Å²) in [7, 11) is 0. The van der Waals surface area contributed by atoms with E-state index in [1.165, 1.54) is 5.56 Å². The van der Waals surface area contributed by atoms with E-state index in [0.717, 1.165) is 23.6 Å². The van der Waals surface area contributed by atoms with Crippen molar-refractivity contribution in [3.8, 4) is 0 Å². The summed E-state index contributed by atoms with van der Waals surface area (Å²) in [5, 5.41) is 3.27. The van der Waals surface area contributed by atoms with Gasteiger partial charge in [0, 0.05) is 25.5 Å². The van der Waals surface area contributed by atoms with Crippen LogP contribution in [0.1, 0.15) is 16.8 Å². The molecule has 1 aromatic heterocycles. The molecule has 4 heteroatoms. The number of aromatic nitrogens is 2. The number of nitrogens with zero attached hydrogens (tertiary/aromatic N) is 2. The molecule has 2 aromatic rings. The molecule has 0 radical (unpaired) electrons. The molecule has 0 aliphatic rings. The Kier molecular flexibility index (Phi) is 3.67. The fourth-order valence-corrected chi connectivity index (χ4v) is 1.63. The molecule has 1 heterocycles. The SMILES string of the molecule is Cc1nccnc1NCc1cccc(CN)c1. The first-order chi connectivity index (χ1) is 8.29. The predicted molar refractivity (Wildman–Crippen MR) is 68.4 cm³/mol. The second-order valence-corrected chi connectivity index (χ2v) is 3.87. The van der Waals surface area contributed by atoms with E-state index >= 15 is 0 Å². The van der Waals surface area contributed by atoms with Crippen molar-refractivity contribution in [1.29, 1.82) is 0 Å². The zero-order valence-electron chi connectivity index (χ0n) is 9.85. The maximum absolute atomic E-state index is 5.61. The number of rotatable bonds is 4. The normalized spacial score (nSPS) is 10.2. The number of nitrogens with two attached hydrogens (primary N) is 1. The monoisotopic (exact) mass is 228 g/mol. The molecule has 0 fully saturated rings. The van der Waals surface area contributed by atoms with E-state index in [4.69, 9.17) is 5.73 Å². The molecule has 0 saturated heterocycles. The molecular weight excluding hydrogens is 212 g/mol. The van der Waals surface area contributed by atoms with Crippen LogP contribution in [0.25, 0.3) is 0 Å². The molecule has 88 valence electrons. The molecule has 0 saturated carbocycles. The zero-order chi connectivity index (χ0) is 12.1. The van der Waals surface area contributed by atoms with Gasteiger partial charge in [0.2, 0.25) is 0 Å². The summed E-state index contributed by atoms with van der Waals surface area (Å²) in [6, 6.07) is 8.20. The summed E-state index contributed by atoms with van der Waals surface area (Å²) in [6.45, 7) is 3.23. The number of hydrogen-bond acceptors (Lipinski definition) is 4. The standard InChI is InChI=1S/C13H16N4/c1-10-13(16-6-5-15-10)17-9-12-4-2-3-11(7-12)8-14/h2-7H,8-9,14H2,1H3,(H,16,17). The van der Waals surface area contributed by atoms with Crippen LogP contribution in [0.3, 0.4) is 0 Å². The number of hydrogen-bond donors (Lipinski definition) is 2. The van der Waals surface area contributed by atoms with Crippen molar-refractivity contribution in [3.05, 3.63) is 53.5 Å². The molecule has 2 rings (SSSR count). The second-order valence-electron chi connectivity index (χ2n) is 3.87. The van der Waals surface area contributed by atoms with Crippen LogP contribution in [-0.2, 0) is 13.1 Å². The van der Waals surface area contributed by atoms with E-state index in [1.54, 1.807) is 12.4 Å². The third-order valence-electron chi connectivity index (χ3n) is 2.57. The van der Waals surface area contributed by atoms with Crippen molar-refractivity contribution in [2.75, 3.05) is 5.32 Å².